The monoisotopic (exact) mass is 273 g/mol. The van der Waals surface area contributed by atoms with E-state index in [4.69, 9.17) is 5.11 Å². The second kappa shape index (κ2) is 4.90. The van der Waals surface area contributed by atoms with Gasteiger partial charge in [-0.05, 0) is 44.1 Å². The van der Waals surface area contributed by atoms with Crippen LogP contribution in [0.5, 0.6) is 0 Å². The van der Waals surface area contributed by atoms with Crippen molar-refractivity contribution < 1.29 is 9.90 Å². The number of nitrogens with zero attached hydrogens (tertiary/aromatic N) is 3. The van der Waals surface area contributed by atoms with Gasteiger partial charge in [-0.3, -0.25) is 0 Å². The topological polar surface area (TPSA) is 58.4 Å². The number of hydrogen-bond donors (Lipinski definition) is 1. The first-order chi connectivity index (χ1) is 9.56. The Morgan fingerprint density at radius 3 is 2.95 bits per heavy atom. The van der Waals surface area contributed by atoms with Crippen LogP contribution in [0.3, 0.4) is 0 Å². The highest BCUT2D eigenvalue weighted by Crippen LogP contribution is 2.30. The maximum absolute atomic E-state index is 11.0. The van der Waals surface area contributed by atoms with E-state index in [1.54, 1.807) is 12.1 Å². The van der Waals surface area contributed by atoms with Gasteiger partial charge in [0.05, 0.1) is 22.9 Å². The van der Waals surface area contributed by atoms with Crippen LogP contribution in [0.4, 0.5) is 0 Å². The third-order valence-electron chi connectivity index (χ3n) is 4.24. The number of rotatable bonds is 2. The van der Waals surface area contributed by atoms with E-state index in [0.29, 0.717) is 17.5 Å². The van der Waals surface area contributed by atoms with Crippen LogP contribution in [0.1, 0.15) is 29.7 Å². The van der Waals surface area contributed by atoms with Crippen molar-refractivity contribution in [3.63, 3.8) is 0 Å². The van der Waals surface area contributed by atoms with Crippen molar-refractivity contribution in [2.24, 2.45) is 5.92 Å². The smallest absolute Gasteiger partial charge is 0.335 e. The number of fused-ring (bicyclic) bond motifs is 1. The number of aromatic nitrogens is 2. The Morgan fingerprint density at radius 2 is 2.25 bits per heavy atom. The highest BCUT2D eigenvalue weighted by atomic mass is 16.4. The van der Waals surface area contributed by atoms with Gasteiger partial charge < -0.3 is 14.6 Å². The second-order valence-corrected chi connectivity index (χ2v) is 5.76. The maximum Gasteiger partial charge on any atom is 0.335 e. The first-order valence-electron chi connectivity index (χ1n) is 6.94. The van der Waals surface area contributed by atoms with Crippen molar-refractivity contribution in [2.45, 2.75) is 19.4 Å². The van der Waals surface area contributed by atoms with Gasteiger partial charge in [-0.1, -0.05) is 6.92 Å². The Morgan fingerprint density at radius 1 is 1.45 bits per heavy atom. The minimum atomic E-state index is -0.908. The Bertz CT molecular complexity index is 650. The molecule has 2 unspecified atom stereocenters. The summed E-state index contributed by atoms with van der Waals surface area (Å²) < 4.78 is 2.21. The minimum absolute atomic E-state index is 0.291. The van der Waals surface area contributed by atoms with Gasteiger partial charge in [0, 0.05) is 12.6 Å². The summed E-state index contributed by atoms with van der Waals surface area (Å²) in [6.07, 6.45) is 2.95. The largest absolute Gasteiger partial charge is 0.478 e. The molecular weight excluding hydrogens is 254 g/mol. The Labute approximate surface area is 117 Å². The number of carbonyl (C=O) groups is 1. The number of carboxylic acid groups (broad SMARTS) is 1. The van der Waals surface area contributed by atoms with E-state index >= 15 is 0 Å². The molecule has 0 bridgehead atoms. The van der Waals surface area contributed by atoms with Crippen LogP contribution in [-0.4, -0.2) is 45.7 Å². The molecule has 20 heavy (non-hydrogen) atoms. The number of aromatic carboxylic acids is 1. The van der Waals surface area contributed by atoms with Gasteiger partial charge in [0.1, 0.15) is 0 Å². The van der Waals surface area contributed by atoms with Gasteiger partial charge in [0.2, 0.25) is 0 Å². The SMILES string of the molecule is CC1CN(C)CCC1n1cnc2cc(C(=O)O)ccc21. The summed E-state index contributed by atoms with van der Waals surface area (Å²) in [4.78, 5) is 17.7. The molecule has 1 saturated heterocycles. The van der Waals surface area contributed by atoms with Crippen LogP contribution in [-0.2, 0) is 0 Å². The molecule has 1 fully saturated rings. The van der Waals surface area contributed by atoms with E-state index in [-0.39, 0.29) is 0 Å². The van der Waals surface area contributed by atoms with Gasteiger partial charge in [0.15, 0.2) is 0 Å². The first kappa shape index (κ1) is 13.1. The van der Waals surface area contributed by atoms with Gasteiger partial charge in [-0.15, -0.1) is 0 Å². The molecule has 1 N–H and O–H groups in total. The lowest BCUT2D eigenvalue weighted by Gasteiger charge is -2.35. The van der Waals surface area contributed by atoms with Gasteiger partial charge in [-0.25, -0.2) is 9.78 Å². The molecule has 2 heterocycles. The molecule has 0 radical (unpaired) electrons. The van der Waals surface area contributed by atoms with Crippen molar-refractivity contribution in [1.82, 2.24) is 14.5 Å². The van der Waals surface area contributed by atoms with E-state index < -0.39 is 5.97 Å². The molecule has 0 spiro atoms. The summed E-state index contributed by atoms with van der Waals surface area (Å²) in [5.74, 6) is -0.348. The summed E-state index contributed by atoms with van der Waals surface area (Å²) in [7, 11) is 2.15. The molecule has 5 nitrogen and oxygen atoms in total. The van der Waals surface area contributed by atoms with E-state index in [9.17, 15) is 4.79 Å². The van der Waals surface area contributed by atoms with E-state index in [1.807, 2.05) is 12.4 Å². The zero-order valence-electron chi connectivity index (χ0n) is 11.8. The zero-order valence-corrected chi connectivity index (χ0v) is 11.8. The fraction of sp³-hybridized carbons (Fsp3) is 0.467. The number of benzene rings is 1. The molecule has 5 heteroatoms. The summed E-state index contributed by atoms with van der Waals surface area (Å²) in [6, 6.07) is 5.61. The van der Waals surface area contributed by atoms with Gasteiger partial charge in [-0.2, -0.15) is 0 Å². The Kier molecular flexibility index (Phi) is 3.22. The zero-order chi connectivity index (χ0) is 14.3. The van der Waals surface area contributed by atoms with Crippen LogP contribution >= 0.6 is 0 Å². The normalized spacial score (nSPS) is 24.1. The lowest BCUT2D eigenvalue weighted by molar-refractivity contribution is 0.0697. The van der Waals surface area contributed by atoms with Crippen LogP contribution < -0.4 is 0 Å². The quantitative estimate of drug-likeness (QED) is 0.911. The standard InChI is InChI=1S/C15H19N3O2/c1-10-8-17(2)6-5-13(10)18-9-16-12-7-11(15(19)20)3-4-14(12)18/h3-4,7,9-10,13H,5-6,8H2,1-2H3,(H,19,20). The Balaban J connectivity index is 1.98. The molecule has 0 aliphatic carbocycles. The summed E-state index contributed by atoms with van der Waals surface area (Å²) in [5.41, 5.74) is 2.08. The highest BCUT2D eigenvalue weighted by Gasteiger charge is 2.26. The van der Waals surface area contributed by atoms with Crippen LogP contribution in [0, 0.1) is 5.92 Å². The predicted molar refractivity (Wildman–Crippen MR) is 77.0 cm³/mol. The van der Waals surface area contributed by atoms with E-state index in [2.05, 4.69) is 28.4 Å². The molecule has 1 aliphatic rings. The minimum Gasteiger partial charge on any atom is -0.478 e. The number of carboxylic acids is 1. The highest BCUT2D eigenvalue weighted by molar-refractivity contribution is 5.92. The molecule has 1 aromatic carbocycles. The van der Waals surface area contributed by atoms with E-state index in [0.717, 1.165) is 30.5 Å². The van der Waals surface area contributed by atoms with Crippen molar-refractivity contribution >= 4 is 17.0 Å². The van der Waals surface area contributed by atoms with Crippen molar-refractivity contribution in [2.75, 3.05) is 20.1 Å². The molecule has 2 aromatic rings. The summed E-state index contributed by atoms with van der Waals surface area (Å²) in [5, 5.41) is 9.03. The molecular formula is C15H19N3O2. The molecule has 0 amide bonds. The first-order valence-corrected chi connectivity index (χ1v) is 6.94. The van der Waals surface area contributed by atoms with Crippen LogP contribution in [0.2, 0.25) is 0 Å². The fourth-order valence-electron chi connectivity index (χ4n) is 3.18. The van der Waals surface area contributed by atoms with Crippen molar-refractivity contribution in [1.29, 1.82) is 0 Å². The summed E-state index contributed by atoms with van der Waals surface area (Å²) >= 11 is 0. The Hall–Kier alpha value is -1.88. The number of piperidine rings is 1. The lowest BCUT2D eigenvalue weighted by atomic mass is 9.94. The molecule has 0 saturated carbocycles. The van der Waals surface area contributed by atoms with Crippen LogP contribution in [0.25, 0.3) is 11.0 Å². The van der Waals surface area contributed by atoms with Gasteiger partial charge in [0.25, 0.3) is 0 Å². The maximum atomic E-state index is 11.0. The molecule has 2 atom stereocenters. The molecule has 1 aliphatic heterocycles. The summed E-state index contributed by atoms with van der Waals surface area (Å²) in [6.45, 7) is 4.43. The van der Waals surface area contributed by atoms with Crippen LogP contribution in [0.15, 0.2) is 24.5 Å². The number of imidazole rings is 1. The average molecular weight is 273 g/mol. The number of hydrogen-bond acceptors (Lipinski definition) is 3. The third-order valence-corrected chi connectivity index (χ3v) is 4.24. The number of likely N-dealkylation sites (tertiary alicyclic amines) is 1. The molecule has 3 rings (SSSR count). The van der Waals surface area contributed by atoms with Gasteiger partial charge >= 0.3 is 5.97 Å². The second-order valence-electron chi connectivity index (χ2n) is 5.76. The third kappa shape index (κ3) is 2.18. The predicted octanol–water partition coefficient (Wildman–Crippen LogP) is 2.25. The molecule has 1 aromatic heterocycles. The van der Waals surface area contributed by atoms with Crippen molar-refractivity contribution in [3.8, 4) is 0 Å². The van der Waals surface area contributed by atoms with E-state index in [1.165, 1.54) is 0 Å². The lowest BCUT2D eigenvalue weighted by Crippen LogP contribution is -2.37. The average Bonchev–Trinajstić information content (AvgIpc) is 2.81. The fourth-order valence-corrected chi connectivity index (χ4v) is 3.18. The van der Waals surface area contributed by atoms with Crippen molar-refractivity contribution in [3.05, 3.63) is 30.1 Å². The molecule has 106 valence electrons.